The summed E-state index contributed by atoms with van der Waals surface area (Å²) in [6, 6.07) is 0. The lowest BCUT2D eigenvalue weighted by Gasteiger charge is -2.53. The normalized spacial score (nSPS) is 39.5. The van der Waals surface area contributed by atoms with E-state index in [9.17, 15) is 20.4 Å². The van der Waals surface area contributed by atoms with Gasteiger partial charge in [-0.25, -0.2) is 0 Å². The van der Waals surface area contributed by atoms with Gasteiger partial charge in [0.2, 0.25) is 0 Å². The Morgan fingerprint density at radius 1 is 1.23 bits per heavy atom. The van der Waals surface area contributed by atoms with Gasteiger partial charge in [0.1, 0.15) is 0 Å². The Morgan fingerprint density at radius 3 is 2.68 bits per heavy atom. The van der Waals surface area contributed by atoms with E-state index in [0.29, 0.717) is 19.3 Å². The van der Waals surface area contributed by atoms with Crippen molar-refractivity contribution in [1.82, 2.24) is 0 Å². The molecule has 0 aromatic heterocycles. The summed E-state index contributed by atoms with van der Waals surface area (Å²) in [7, 11) is 0. The molecular weight excluding hydrogens is 388 g/mol. The van der Waals surface area contributed by atoms with Crippen LogP contribution in [-0.4, -0.2) is 44.3 Å². The van der Waals surface area contributed by atoms with E-state index in [1.54, 1.807) is 0 Å². The Balaban J connectivity index is 1.79. The van der Waals surface area contributed by atoms with E-state index in [4.69, 9.17) is 0 Å². The number of fused-ring (bicyclic) bond motifs is 1. The standard InChI is InChI=1S/C27H44O4/c1-19(18-28)7-5-15-26(4,30)27(31)16-13-24-21(8-6-14-25(24,27)3)10-11-22-17-23(29)12-9-20(22)2/h10-11,19,23-24,28-31H,2,5-9,12-18H2,1,3-4H3/b21-10+,22-11-/t19?,23-,24-,25-,26-,27+/m0/s1. The Bertz CT molecular complexity index is 721. The molecule has 0 radical (unpaired) electrons. The first-order valence-corrected chi connectivity index (χ1v) is 12.4. The average Bonchev–Trinajstić information content (AvgIpc) is 3.01. The second kappa shape index (κ2) is 9.51. The van der Waals surface area contributed by atoms with Crippen LogP contribution in [0.4, 0.5) is 0 Å². The number of rotatable bonds is 7. The van der Waals surface area contributed by atoms with Crippen LogP contribution in [0.25, 0.3) is 0 Å². The van der Waals surface area contributed by atoms with Gasteiger partial charge in [-0.05, 0) is 88.5 Å². The molecule has 1 unspecified atom stereocenters. The fraction of sp³-hybridized carbons (Fsp3) is 0.778. The Labute approximate surface area is 188 Å². The summed E-state index contributed by atoms with van der Waals surface area (Å²) in [5.74, 6) is 0.496. The lowest BCUT2D eigenvalue weighted by Crippen LogP contribution is -2.61. The molecular formula is C27H44O4. The maximum Gasteiger partial charge on any atom is 0.0989 e. The lowest BCUT2D eigenvalue weighted by molar-refractivity contribution is -0.204. The van der Waals surface area contributed by atoms with Gasteiger partial charge in [0, 0.05) is 12.0 Å². The first-order valence-electron chi connectivity index (χ1n) is 12.4. The van der Waals surface area contributed by atoms with Gasteiger partial charge in [-0.2, -0.15) is 0 Å². The summed E-state index contributed by atoms with van der Waals surface area (Å²) >= 11 is 0. The highest BCUT2D eigenvalue weighted by atomic mass is 16.4. The van der Waals surface area contributed by atoms with Crippen LogP contribution in [0.15, 0.2) is 35.5 Å². The molecule has 0 aliphatic heterocycles. The molecule has 4 N–H and O–H groups in total. The lowest BCUT2D eigenvalue weighted by atomic mass is 9.57. The Morgan fingerprint density at radius 2 is 1.97 bits per heavy atom. The second-order valence-corrected chi connectivity index (χ2v) is 11.1. The molecule has 0 aromatic rings. The van der Waals surface area contributed by atoms with Gasteiger partial charge >= 0.3 is 0 Å². The van der Waals surface area contributed by atoms with Crippen molar-refractivity contribution < 1.29 is 20.4 Å². The summed E-state index contributed by atoms with van der Waals surface area (Å²) in [6.45, 7) is 10.4. The monoisotopic (exact) mass is 432 g/mol. The third-order valence-electron chi connectivity index (χ3n) is 8.87. The fourth-order valence-corrected chi connectivity index (χ4v) is 6.63. The zero-order valence-electron chi connectivity index (χ0n) is 19.9. The van der Waals surface area contributed by atoms with E-state index in [1.807, 2.05) is 13.8 Å². The molecule has 3 fully saturated rings. The van der Waals surface area contributed by atoms with Gasteiger partial charge in [-0.15, -0.1) is 0 Å². The molecule has 3 rings (SSSR count). The predicted molar refractivity (Wildman–Crippen MR) is 126 cm³/mol. The van der Waals surface area contributed by atoms with E-state index >= 15 is 0 Å². The minimum Gasteiger partial charge on any atom is -0.396 e. The van der Waals surface area contributed by atoms with Crippen molar-refractivity contribution in [2.75, 3.05) is 6.61 Å². The molecule has 4 heteroatoms. The first kappa shape index (κ1) is 24.7. The highest BCUT2D eigenvalue weighted by Gasteiger charge is 2.64. The number of aliphatic hydroxyl groups excluding tert-OH is 2. The number of aliphatic hydroxyl groups is 4. The van der Waals surface area contributed by atoms with Gasteiger partial charge in [-0.1, -0.05) is 50.1 Å². The largest absolute Gasteiger partial charge is 0.396 e. The minimum atomic E-state index is -1.14. The molecule has 0 bridgehead atoms. The van der Waals surface area contributed by atoms with Crippen LogP contribution >= 0.6 is 0 Å². The van der Waals surface area contributed by atoms with Crippen molar-refractivity contribution in [3.8, 4) is 0 Å². The maximum absolute atomic E-state index is 11.9. The van der Waals surface area contributed by atoms with E-state index < -0.39 is 11.2 Å². The molecule has 31 heavy (non-hydrogen) atoms. The number of hydrogen-bond acceptors (Lipinski definition) is 4. The maximum atomic E-state index is 11.9. The third-order valence-corrected chi connectivity index (χ3v) is 8.87. The summed E-state index contributed by atoms with van der Waals surface area (Å²) in [5, 5.41) is 42.7. The first-order chi connectivity index (χ1) is 14.5. The Hall–Kier alpha value is -0.940. The third kappa shape index (κ3) is 4.73. The van der Waals surface area contributed by atoms with Crippen molar-refractivity contribution >= 4 is 0 Å². The highest BCUT2D eigenvalue weighted by Crippen LogP contribution is 2.63. The molecule has 3 saturated carbocycles. The van der Waals surface area contributed by atoms with E-state index in [0.717, 1.165) is 62.5 Å². The van der Waals surface area contributed by atoms with Crippen molar-refractivity contribution in [1.29, 1.82) is 0 Å². The molecule has 4 nitrogen and oxygen atoms in total. The number of hydrogen-bond donors (Lipinski definition) is 4. The Kier molecular flexibility index (Phi) is 7.57. The molecule has 0 amide bonds. The molecule has 0 heterocycles. The SMILES string of the molecule is C=C1CC[C@H](O)C/C1=C/C=C1\CCC[C@@]2(C)[C@H]1CC[C@]2(O)[C@@](C)(O)CCCC(C)CO. The van der Waals surface area contributed by atoms with E-state index in [-0.39, 0.29) is 30.0 Å². The van der Waals surface area contributed by atoms with Crippen LogP contribution in [0.5, 0.6) is 0 Å². The summed E-state index contributed by atoms with van der Waals surface area (Å²) in [6.07, 6.45) is 13.1. The second-order valence-electron chi connectivity index (χ2n) is 11.1. The van der Waals surface area contributed by atoms with Gasteiger partial charge in [0.05, 0.1) is 17.3 Å². The highest BCUT2D eigenvalue weighted by molar-refractivity contribution is 5.37. The molecule has 176 valence electrons. The van der Waals surface area contributed by atoms with Gasteiger partial charge in [-0.3, -0.25) is 0 Å². The van der Waals surface area contributed by atoms with Gasteiger partial charge in [0.25, 0.3) is 0 Å². The zero-order chi connectivity index (χ0) is 22.9. The van der Waals surface area contributed by atoms with Crippen molar-refractivity contribution in [2.45, 2.75) is 109 Å². The molecule has 3 aliphatic carbocycles. The zero-order valence-corrected chi connectivity index (χ0v) is 19.9. The summed E-state index contributed by atoms with van der Waals surface area (Å²) in [4.78, 5) is 0. The average molecular weight is 433 g/mol. The van der Waals surface area contributed by atoms with Crippen molar-refractivity contribution in [3.63, 3.8) is 0 Å². The molecule has 0 aromatic carbocycles. The predicted octanol–water partition coefficient (Wildman–Crippen LogP) is 4.82. The van der Waals surface area contributed by atoms with Crippen molar-refractivity contribution in [2.24, 2.45) is 17.3 Å². The minimum absolute atomic E-state index is 0.166. The fourth-order valence-electron chi connectivity index (χ4n) is 6.63. The van der Waals surface area contributed by atoms with Crippen LogP contribution in [0.2, 0.25) is 0 Å². The number of allylic oxidation sites excluding steroid dienone is 4. The molecule has 0 saturated heterocycles. The van der Waals surface area contributed by atoms with Crippen LogP contribution in [0, 0.1) is 17.3 Å². The van der Waals surface area contributed by atoms with Crippen molar-refractivity contribution in [3.05, 3.63) is 35.5 Å². The molecule has 6 atom stereocenters. The smallest absolute Gasteiger partial charge is 0.0989 e. The van der Waals surface area contributed by atoms with Crippen LogP contribution < -0.4 is 0 Å². The summed E-state index contributed by atoms with van der Waals surface area (Å²) in [5.41, 5.74) is 1.05. The van der Waals surface area contributed by atoms with E-state index in [1.165, 1.54) is 5.57 Å². The quantitative estimate of drug-likeness (QED) is 0.465. The van der Waals surface area contributed by atoms with Crippen LogP contribution in [0.1, 0.15) is 91.4 Å². The van der Waals surface area contributed by atoms with Gasteiger partial charge < -0.3 is 20.4 Å². The summed E-state index contributed by atoms with van der Waals surface area (Å²) < 4.78 is 0. The molecule has 0 spiro atoms. The van der Waals surface area contributed by atoms with Crippen LogP contribution in [-0.2, 0) is 0 Å². The van der Waals surface area contributed by atoms with Crippen LogP contribution in [0.3, 0.4) is 0 Å². The topological polar surface area (TPSA) is 80.9 Å². The van der Waals surface area contributed by atoms with Gasteiger partial charge in [0.15, 0.2) is 0 Å². The van der Waals surface area contributed by atoms with E-state index in [2.05, 4.69) is 25.7 Å². The molecule has 3 aliphatic rings.